The lowest BCUT2D eigenvalue weighted by Crippen LogP contribution is -2.30. The lowest BCUT2D eigenvalue weighted by molar-refractivity contribution is -0.167. The minimum Gasteiger partial charge on any atom is -0.462 e. The van der Waals surface area contributed by atoms with Crippen LogP contribution in [0.4, 0.5) is 0 Å². The molecule has 1 unspecified atom stereocenters. The van der Waals surface area contributed by atoms with Gasteiger partial charge in [-0.05, 0) is 83.5 Å². The largest absolute Gasteiger partial charge is 0.462 e. The van der Waals surface area contributed by atoms with Crippen LogP contribution < -0.4 is 0 Å². The second-order valence-electron chi connectivity index (χ2n) is 21.7. The van der Waals surface area contributed by atoms with Gasteiger partial charge in [0.25, 0.3) is 0 Å². The molecule has 0 fully saturated rings. The van der Waals surface area contributed by atoms with Gasteiger partial charge in [0.2, 0.25) is 0 Å². The van der Waals surface area contributed by atoms with Gasteiger partial charge in [0, 0.05) is 19.3 Å². The van der Waals surface area contributed by atoms with Crippen LogP contribution in [-0.2, 0) is 28.6 Å². The van der Waals surface area contributed by atoms with Crippen molar-refractivity contribution in [3.8, 4) is 0 Å². The zero-order valence-corrected chi connectivity index (χ0v) is 50.7. The number of carbonyl (C=O) groups is 3. The van der Waals surface area contributed by atoms with Gasteiger partial charge in [-0.25, -0.2) is 0 Å². The van der Waals surface area contributed by atoms with Crippen molar-refractivity contribution in [3.05, 3.63) is 97.2 Å². The van der Waals surface area contributed by atoms with Crippen molar-refractivity contribution in [1.82, 2.24) is 0 Å². The maximum atomic E-state index is 12.9. The summed E-state index contributed by atoms with van der Waals surface area (Å²) in [4.78, 5) is 38.3. The summed E-state index contributed by atoms with van der Waals surface area (Å²) >= 11 is 0. The molecule has 1 atom stereocenters. The lowest BCUT2D eigenvalue weighted by Gasteiger charge is -2.18. The molecule has 0 rings (SSSR count). The minimum atomic E-state index is -0.786. The number of rotatable bonds is 59. The van der Waals surface area contributed by atoms with Crippen LogP contribution in [0.2, 0.25) is 0 Å². The van der Waals surface area contributed by atoms with E-state index in [1.54, 1.807) is 0 Å². The number of hydrogen-bond acceptors (Lipinski definition) is 6. The van der Waals surface area contributed by atoms with Crippen molar-refractivity contribution in [1.29, 1.82) is 0 Å². The van der Waals surface area contributed by atoms with Crippen LogP contribution >= 0.6 is 0 Å². The van der Waals surface area contributed by atoms with E-state index in [0.717, 1.165) is 122 Å². The zero-order valence-electron chi connectivity index (χ0n) is 50.7. The Labute approximate surface area is 477 Å². The molecule has 0 amide bonds. The minimum absolute atomic E-state index is 0.0812. The average molecular weight is 1070 g/mol. The maximum Gasteiger partial charge on any atom is 0.306 e. The Bertz CT molecular complexity index is 1510. The number of ether oxygens (including phenoxy) is 3. The van der Waals surface area contributed by atoms with E-state index in [2.05, 4.69) is 118 Å². The van der Waals surface area contributed by atoms with Crippen LogP contribution in [0.3, 0.4) is 0 Å². The summed E-state index contributed by atoms with van der Waals surface area (Å²) in [5.41, 5.74) is 0. The van der Waals surface area contributed by atoms with E-state index in [1.165, 1.54) is 154 Å². The Morgan fingerprint density at radius 3 is 0.792 bits per heavy atom. The Morgan fingerprint density at radius 1 is 0.273 bits per heavy atom. The van der Waals surface area contributed by atoms with E-state index in [4.69, 9.17) is 14.2 Å². The van der Waals surface area contributed by atoms with Gasteiger partial charge in [-0.1, -0.05) is 311 Å². The van der Waals surface area contributed by atoms with E-state index in [-0.39, 0.29) is 31.1 Å². The first-order valence-electron chi connectivity index (χ1n) is 32.7. The molecule has 0 aromatic heterocycles. The van der Waals surface area contributed by atoms with Crippen molar-refractivity contribution >= 4 is 17.9 Å². The van der Waals surface area contributed by atoms with Gasteiger partial charge < -0.3 is 14.2 Å². The molecule has 442 valence electrons. The van der Waals surface area contributed by atoms with Crippen molar-refractivity contribution in [3.63, 3.8) is 0 Å². The maximum absolute atomic E-state index is 12.9. The fraction of sp³-hybridized carbons (Fsp3) is 0.732. The smallest absolute Gasteiger partial charge is 0.306 e. The quantitative estimate of drug-likeness (QED) is 0.0261. The molecule has 6 heteroatoms. The van der Waals surface area contributed by atoms with E-state index in [9.17, 15) is 14.4 Å². The molecule has 0 heterocycles. The molecule has 0 aliphatic heterocycles. The van der Waals surface area contributed by atoms with Crippen LogP contribution in [0, 0.1) is 0 Å². The molecule has 0 bridgehead atoms. The summed E-state index contributed by atoms with van der Waals surface area (Å²) in [5.74, 6) is -0.893. The van der Waals surface area contributed by atoms with Crippen molar-refractivity contribution in [2.45, 2.75) is 322 Å². The number of esters is 3. The van der Waals surface area contributed by atoms with Gasteiger partial charge in [-0.3, -0.25) is 14.4 Å². The Balaban J connectivity index is 4.35. The first-order valence-corrected chi connectivity index (χ1v) is 32.7. The molecular formula is C71H122O6. The highest BCUT2D eigenvalue weighted by molar-refractivity contribution is 5.71. The predicted octanol–water partition coefficient (Wildman–Crippen LogP) is 22.4. The summed E-state index contributed by atoms with van der Waals surface area (Å²) in [7, 11) is 0. The molecule has 0 N–H and O–H groups in total. The molecule has 77 heavy (non-hydrogen) atoms. The van der Waals surface area contributed by atoms with Gasteiger partial charge in [0.05, 0.1) is 0 Å². The van der Waals surface area contributed by atoms with Crippen LogP contribution in [0.5, 0.6) is 0 Å². The lowest BCUT2D eigenvalue weighted by atomic mass is 10.0. The molecule has 0 spiro atoms. The van der Waals surface area contributed by atoms with Crippen molar-refractivity contribution in [2.24, 2.45) is 0 Å². The fourth-order valence-corrected chi connectivity index (χ4v) is 9.23. The predicted molar refractivity (Wildman–Crippen MR) is 334 cm³/mol. The van der Waals surface area contributed by atoms with Gasteiger partial charge in [-0.2, -0.15) is 0 Å². The number of unbranched alkanes of at least 4 members (excludes halogenated alkanes) is 32. The van der Waals surface area contributed by atoms with Gasteiger partial charge in [-0.15, -0.1) is 0 Å². The van der Waals surface area contributed by atoms with Gasteiger partial charge >= 0.3 is 17.9 Å². The third-order valence-corrected chi connectivity index (χ3v) is 14.1. The molecule has 0 saturated carbocycles. The highest BCUT2D eigenvalue weighted by Crippen LogP contribution is 2.17. The van der Waals surface area contributed by atoms with Gasteiger partial charge in [0.1, 0.15) is 13.2 Å². The van der Waals surface area contributed by atoms with Crippen LogP contribution in [-0.4, -0.2) is 37.2 Å². The summed E-state index contributed by atoms with van der Waals surface area (Å²) in [6.07, 6.45) is 87.0. The number of hydrogen-bond donors (Lipinski definition) is 0. The highest BCUT2D eigenvalue weighted by Gasteiger charge is 2.19. The topological polar surface area (TPSA) is 78.9 Å². The van der Waals surface area contributed by atoms with Crippen molar-refractivity contribution in [2.75, 3.05) is 13.2 Å². The second-order valence-corrected chi connectivity index (χ2v) is 21.7. The molecule has 6 nitrogen and oxygen atoms in total. The van der Waals surface area contributed by atoms with E-state index >= 15 is 0 Å². The van der Waals surface area contributed by atoms with Crippen LogP contribution in [0.15, 0.2) is 97.2 Å². The third-order valence-electron chi connectivity index (χ3n) is 14.1. The molecule has 0 aromatic carbocycles. The second kappa shape index (κ2) is 64.9. The standard InChI is InChI=1S/C71H122O6/c1-4-7-10-13-16-19-22-25-27-29-30-31-32-33-34-35-36-37-38-39-40-42-43-46-49-52-55-58-61-64-70(73)76-67-68(66-75-69(72)63-60-57-54-51-48-45-24-21-18-15-12-9-6-3)77-71(74)65-62-59-56-53-50-47-44-41-28-26-23-20-17-14-11-8-5-2/h7,10,16,19,25,27,30-31,33-34,36-37,39-40,43,46,68H,4-6,8-9,11-15,17-18,20-24,26,28-29,32,35,38,41-42,44-45,47-67H2,1-3H3/b10-7-,19-16-,27-25-,31-30-,34-33-,37-36-,40-39-,46-43-. The fourth-order valence-electron chi connectivity index (χ4n) is 9.23. The molecule has 0 aromatic rings. The summed E-state index contributed by atoms with van der Waals surface area (Å²) < 4.78 is 16.9. The molecule has 0 aliphatic carbocycles. The van der Waals surface area contributed by atoms with Crippen molar-refractivity contribution < 1.29 is 28.6 Å². The summed E-state index contributed by atoms with van der Waals surface area (Å²) in [6.45, 7) is 6.54. The van der Waals surface area contributed by atoms with E-state index in [1.807, 2.05) is 0 Å². The first-order chi connectivity index (χ1) is 38.0. The normalized spacial score (nSPS) is 12.7. The molecule has 0 aliphatic rings. The zero-order chi connectivity index (χ0) is 55.7. The first kappa shape index (κ1) is 73.3. The summed E-state index contributed by atoms with van der Waals surface area (Å²) in [6, 6.07) is 0. The van der Waals surface area contributed by atoms with Gasteiger partial charge in [0.15, 0.2) is 6.10 Å². The molecule has 0 radical (unpaired) electrons. The number of allylic oxidation sites excluding steroid dienone is 16. The summed E-state index contributed by atoms with van der Waals surface area (Å²) in [5, 5.41) is 0. The van der Waals surface area contributed by atoms with E-state index < -0.39 is 6.10 Å². The molecular weight excluding hydrogens is 949 g/mol. The Hall–Kier alpha value is -3.67. The Morgan fingerprint density at radius 2 is 0.506 bits per heavy atom. The van der Waals surface area contributed by atoms with Crippen LogP contribution in [0.1, 0.15) is 316 Å². The SMILES string of the molecule is CC/C=C\C/C=C\C/C=C\C/C=C\C/C=C\C/C=C\C/C=C\C/C=C\CCCCCCC(=O)OCC(COC(=O)CCCCCCCCCCCCCCC)OC(=O)CCCCCCCCCCCCCCCCCCC. The Kier molecular flexibility index (Phi) is 61.8. The highest BCUT2D eigenvalue weighted by atomic mass is 16.6. The van der Waals surface area contributed by atoms with Crippen LogP contribution in [0.25, 0.3) is 0 Å². The number of carbonyl (C=O) groups excluding carboxylic acids is 3. The van der Waals surface area contributed by atoms with E-state index in [0.29, 0.717) is 19.3 Å². The average Bonchev–Trinajstić information content (AvgIpc) is 3.43. The molecule has 0 saturated heterocycles. The monoisotopic (exact) mass is 1070 g/mol. The third kappa shape index (κ3) is 63.0.